The molecule has 0 saturated carbocycles. The molecule has 0 N–H and O–H groups in total. The van der Waals surface area contributed by atoms with Crippen molar-refractivity contribution in [1.29, 1.82) is 0 Å². The van der Waals surface area contributed by atoms with Crippen LogP contribution in [0.1, 0.15) is 12.8 Å². The Morgan fingerprint density at radius 1 is 0.824 bits per heavy atom. The van der Waals surface area contributed by atoms with Gasteiger partial charge >= 0.3 is 0 Å². The highest BCUT2D eigenvalue weighted by atomic mass is 15.3. The van der Waals surface area contributed by atoms with Gasteiger partial charge in [-0.3, -0.25) is 0 Å². The molecule has 86 valence electrons. The molecule has 0 unspecified atom stereocenters. The second kappa shape index (κ2) is 4.53. The highest BCUT2D eigenvalue weighted by Crippen LogP contribution is 2.20. The summed E-state index contributed by atoms with van der Waals surface area (Å²) < 4.78 is 0. The number of benzene rings is 1. The summed E-state index contributed by atoms with van der Waals surface area (Å²) in [6.07, 6.45) is 2.53. The Kier molecular flexibility index (Phi) is 2.74. The van der Waals surface area contributed by atoms with E-state index in [2.05, 4.69) is 39.4 Å². The van der Waals surface area contributed by atoms with Gasteiger partial charge in [-0.05, 0) is 25.0 Å². The smallest absolute Gasteiger partial charge is 0.151 e. The van der Waals surface area contributed by atoms with Crippen molar-refractivity contribution in [1.82, 2.24) is 10.2 Å². The summed E-state index contributed by atoms with van der Waals surface area (Å²) in [5, 5.41) is 8.61. The second-order valence-corrected chi connectivity index (χ2v) is 4.34. The summed E-state index contributed by atoms with van der Waals surface area (Å²) in [6.45, 7) is 2.22. The Hall–Kier alpha value is -1.90. The number of rotatable bonds is 2. The van der Waals surface area contributed by atoms with Gasteiger partial charge in [0, 0.05) is 18.7 Å². The molecule has 3 nitrogen and oxygen atoms in total. The lowest BCUT2D eigenvalue weighted by Gasteiger charge is -2.15. The first-order chi connectivity index (χ1) is 8.43. The van der Waals surface area contributed by atoms with Gasteiger partial charge in [-0.25, -0.2) is 0 Å². The predicted molar refractivity (Wildman–Crippen MR) is 68.9 cm³/mol. The number of aromatic nitrogens is 2. The summed E-state index contributed by atoms with van der Waals surface area (Å²) in [6, 6.07) is 14.3. The van der Waals surface area contributed by atoms with Gasteiger partial charge in [0.05, 0.1) is 5.69 Å². The number of hydrogen-bond donors (Lipinski definition) is 0. The lowest BCUT2D eigenvalue weighted by atomic mass is 10.1. The first-order valence-electron chi connectivity index (χ1n) is 6.07. The first kappa shape index (κ1) is 10.3. The fraction of sp³-hybridized carbons (Fsp3) is 0.286. The van der Waals surface area contributed by atoms with Crippen molar-refractivity contribution in [2.75, 3.05) is 18.0 Å². The molecule has 0 bridgehead atoms. The highest BCUT2D eigenvalue weighted by molar-refractivity contribution is 5.59. The van der Waals surface area contributed by atoms with Crippen molar-refractivity contribution in [3.05, 3.63) is 42.5 Å². The largest absolute Gasteiger partial charge is 0.355 e. The van der Waals surface area contributed by atoms with Crippen LogP contribution < -0.4 is 4.90 Å². The molecule has 17 heavy (non-hydrogen) atoms. The van der Waals surface area contributed by atoms with Crippen LogP contribution in [-0.4, -0.2) is 23.3 Å². The van der Waals surface area contributed by atoms with E-state index in [4.69, 9.17) is 0 Å². The SMILES string of the molecule is c1ccc(-c2ccc(N3CCCC3)nn2)cc1. The van der Waals surface area contributed by atoms with E-state index in [0.717, 1.165) is 30.2 Å². The van der Waals surface area contributed by atoms with Crippen LogP contribution >= 0.6 is 0 Å². The average Bonchev–Trinajstić information content (AvgIpc) is 2.94. The normalized spacial score (nSPS) is 15.2. The molecule has 1 aromatic heterocycles. The van der Waals surface area contributed by atoms with Gasteiger partial charge in [0.25, 0.3) is 0 Å². The molecule has 1 aliphatic heterocycles. The molecule has 2 heterocycles. The van der Waals surface area contributed by atoms with Crippen LogP contribution in [0.3, 0.4) is 0 Å². The van der Waals surface area contributed by atoms with E-state index in [1.807, 2.05) is 18.2 Å². The third kappa shape index (κ3) is 2.13. The van der Waals surface area contributed by atoms with E-state index in [1.165, 1.54) is 12.8 Å². The molecule has 0 spiro atoms. The lowest BCUT2D eigenvalue weighted by molar-refractivity contribution is 0.896. The van der Waals surface area contributed by atoms with E-state index in [9.17, 15) is 0 Å². The molecular weight excluding hydrogens is 210 g/mol. The minimum atomic E-state index is 0.938. The van der Waals surface area contributed by atoms with Crippen LogP contribution in [0, 0.1) is 0 Å². The molecule has 0 atom stereocenters. The monoisotopic (exact) mass is 225 g/mol. The minimum Gasteiger partial charge on any atom is -0.355 e. The predicted octanol–water partition coefficient (Wildman–Crippen LogP) is 2.74. The summed E-state index contributed by atoms with van der Waals surface area (Å²) in [5.74, 6) is 1.00. The topological polar surface area (TPSA) is 29.0 Å². The molecule has 0 amide bonds. The van der Waals surface area contributed by atoms with Crippen molar-refractivity contribution in [2.45, 2.75) is 12.8 Å². The third-order valence-electron chi connectivity index (χ3n) is 3.15. The van der Waals surface area contributed by atoms with Gasteiger partial charge in [0.1, 0.15) is 0 Å². The molecule has 1 fully saturated rings. The number of hydrogen-bond acceptors (Lipinski definition) is 3. The first-order valence-corrected chi connectivity index (χ1v) is 6.07. The maximum atomic E-state index is 4.31. The molecule has 3 heteroatoms. The van der Waals surface area contributed by atoms with Crippen molar-refractivity contribution in [3.8, 4) is 11.3 Å². The van der Waals surface area contributed by atoms with Crippen molar-refractivity contribution >= 4 is 5.82 Å². The van der Waals surface area contributed by atoms with Gasteiger partial charge in [0.15, 0.2) is 5.82 Å². The highest BCUT2D eigenvalue weighted by Gasteiger charge is 2.13. The number of nitrogens with zero attached hydrogens (tertiary/aromatic N) is 3. The molecule has 0 radical (unpaired) electrons. The summed E-state index contributed by atoms with van der Waals surface area (Å²) in [4.78, 5) is 2.29. The van der Waals surface area contributed by atoms with E-state index >= 15 is 0 Å². The van der Waals surface area contributed by atoms with Crippen LogP contribution in [0.2, 0.25) is 0 Å². The zero-order valence-corrected chi connectivity index (χ0v) is 9.71. The van der Waals surface area contributed by atoms with Gasteiger partial charge in [-0.1, -0.05) is 30.3 Å². The summed E-state index contributed by atoms with van der Waals surface area (Å²) >= 11 is 0. The van der Waals surface area contributed by atoms with Gasteiger partial charge in [-0.2, -0.15) is 0 Å². The zero-order valence-electron chi connectivity index (χ0n) is 9.71. The molecule has 0 aliphatic carbocycles. The van der Waals surface area contributed by atoms with E-state index in [1.54, 1.807) is 0 Å². The van der Waals surface area contributed by atoms with Crippen molar-refractivity contribution < 1.29 is 0 Å². The fourth-order valence-electron chi connectivity index (χ4n) is 2.20. The van der Waals surface area contributed by atoms with E-state index in [0.29, 0.717) is 0 Å². The van der Waals surface area contributed by atoms with Crippen LogP contribution in [-0.2, 0) is 0 Å². The van der Waals surface area contributed by atoms with Crippen LogP contribution in [0.4, 0.5) is 5.82 Å². The molecule has 1 aliphatic rings. The standard InChI is InChI=1S/C14H15N3/c1-2-6-12(7-3-1)13-8-9-14(16-15-13)17-10-4-5-11-17/h1-3,6-9H,4-5,10-11H2. The zero-order chi connectivity index (χ0) is 11.5. The summed E-state index contributed by atoms with van der Waals surface area (Å²) in [5.41, 5.74) is 2.06. The van der Waals surface area contributed by atoms with Gasteiger partial charge < -0.3 is 4.90 Å². The van der Waals surface area contributed by atoms with Crippen LogP contribution in [0.25, 0.3) is 11.3 Å². The third-order valence-corrected chi connectivity index (χ3v) is 3.15. The molecule has 2 aromatic rings. The van der Waals surface area contributed by atoms with Crippen molar-refractivity contribution in [2.24, 2.45) is 0 Å². The van der Waals surface area contributed by atoms with Gasteiger partial charge in [-0.15, -0.1) is 10.2 Å². The fourth-order valence-corrected chi connectivity index (χ4v) is 2.20. The average molecular weight is 225 g/mol. The van der Waals surface area contributed by atoms with Crippen molar-refractivity contribution in [3.63, 3.8) is 0 Å². The Bertz CT molecular complexity index is 473. The maximum Gasteiger partial charge on any atom is 0.151 e. The van der Waals surface area contributed by atoms with E-state index in [-0.39, 0.29) is 0 Å². The van der Waals surface area contributed by atoms with Crippen LogP contribution in [0.15, 0.2) is 42.5 Å². The maximum absolute atomic E-state index is 4.31. The Morgan fingerprint density at radius 2 is 1.59 bits per heavy atom. The van der Waals surface area contributed by atoms with Gasteiger partial charge in [0.2, 0.25) is 0 Å². The van der Waals surface area contributed by atoms with Crippen LogP contribution in [0.5, 0.6) is 0 Å². The Morgan fingerprint density at radius 3 is 2.24 bits per heavy atom. The number of anilines is 1. The quantitative estimate of drug-likeness (QED) is 0.787. The Balaban J connectivity index is 1.85. The molecular formula is C14H15N3. The molecule has 3 rings (SSSR count). The molecule has 1 aromatic carbocycles. The second-order valence-electron chi connectivity index (χ2n) is 4.34. The molecule has 1 saturated heterocycles. The lowest BCUT2D eigenvalue weighted by Crippen LogP contribution is -2.19. The Labute approximate surface area is 101 Å². The minimum absolute atomic E-state index is 0.938. The summed E-state index contributed by atoms with van der Waals surface area (Å²) in [7, 11) is 0. The van der Waals surface area contributed by atoms with E-state index < -0.39 is 0 Å².